The Morgan fingerprint density at radius 2 is 2.28 bits per heavy atom. The van der Waals surface area contributed by atoms with Crippen LogP contribution in [0.5, 0.6) is 0 Å². The molecule has 2 aliphatic rings. The molecule has 0 amide bonds. The Bertz CT molecular complexity index is 656. The highest BCUT2D eigenvalue weighted by atomic mass is 16.3. The molecule has 2 aromatic rings. The van der Waals surface area contributed by atoms with Gasteiger partial charge in [0, 0.05) is 29.7 Å². The lowest BCUT2D eigenvalue weighted by molar-refractivity contribution is 0.139. The van der Waals surface area contributed by atoms with Gasteiger partial charge < -0.3 is 10.1 Å². The van der Waals surface area contributed by atoms with Crippen molar-refractivity contribution in [2.75, 3.05) is 13.6 Å². The van der Waals surface area contributed by atoms with Crippen LogP contribution >= 0.6 is 0 Å². The van der Waals surface area contributed by atoms with Crippen molar-refractivity contribution in [3.8, 4) is 0 Å². The number of likely N-dealkylation sites (N-methyl/N-ethyl adjacent to an activating group) is 1. The number of hydrogen-bond acceptors (Lipinski definition) is 2. The molecule has 2 N–H and O–H groups in total. The molecule has 2 heterocycles. The molecule has 18 heavy (non-hydrogen) atoms. The Morgan fingerprint density at radius 3 is 3.17 bits per heavy atom. The van der Waals surface area contributed by atoms with Gasteiger partial charge in [0.25, 0.3) is 0 Å². The molecule has 1 aliphatic heterocycles. The monoisotopic (exact) mass is 240 g/mol. The Hall–Kier alpha value is -1.58. The van der Waals surface area contributed by atoms with Gasteiger partial charge in [0.1, 0.15) is 0 Å². The van der Waals surface area contributed by atoms with E-state index in [-0.39, 0.29) is 6.10 Å². The first-order valence-electron chi connectivity index (χ1n) is 6.43. The summed E-state index contributed by atoms with van der Waals surface area (Å²) in [6, 6.07) is 6.78. The van der Waals surface area contributed by atoms with E-state index in [1.807, 2.05) is 6.08 Å². The Kier molecular flexibility index (Phi) is 1.99. The Labute approximate surface area is 106 Å². The highest BCUT2D eigenvalue weighted by Gasteiger charge is 2.32. The van der Waals surface area contributed by atoms with Gasteiger partial charge in [0.15, 0.2) is 0 Å². The Morgan fingerprint density at radius 1 is 1.39 bits per heavy atom. The molecule has 0 spiro atoms. The quantitative estimate of drug-likeness (QED) is 0.737. The van der Waals surface area contributed by atoms with Gasteiger partial charge in [-0.2, -0.15) is 0 Å². The van der Waals surface area contributed by atoms with Crippen LogP contribution in [0.15, 0.2) is 30.5 Å². The van der Waals surface area contributed by atoms with E-state index in [1.54, 1.807) is 0 Å². The highest BCUT2D eigenvalue weighted by molar-refractivity contribution is 5.98. The summed E-state index contributed by atoms with van der Waals surface area (Å²) in [7, 11) is 2.10. The second-order valence-electron chi connectivity index (χ2n) is 5.39. The molecule has 0 unspecified atom stereocenters. The summed E-state index contributed by atoms with van der Waals surface area (Å²) in [6.45, 7) is 0.726. The molecule has 92 valence electrons. The van der Waals surface area contributed by atoms with Gasteiger partial charge in [-0.05, 0) is 42.3 Å². The van der Waals surface area contributed by atoms with Crippen molar-refractivity contribution in [3.63, 3.8) is 0 Å². The first-order chi connectivity index (χ1) is 8.74. The molecule has 0 bridgehead atoms. The summed E-state index contributed by atoms with van der Waals surface area (Å²) in [5.41, 5.74) is 5.16. The predicted octanol–water partition coefficient (Wildman–Crippen LogP) is 1.78. The van der Waals surface area contributed by atoms with Gasteiger partial charge in [-0.15, -0.1) is 0 Å². The number of aromatic nitrogens is 1. The van der Waals surface area contributed by atoms with Crippen molar-refractivity contribution in [2.24, 2.45) is 0 Å². The average molecular weight is 240 g/mol. The molecular formula is C15H16N2O. The third-order valence-electron chi connectivity index (χ3n) is 4.25. The lowest BCUT2D eigenvalue weighted by atomic mass is 9.81. The number of aliphatic hydroxyl groups is 1. The third-order valence-corrected chi connectivity index (χ3v) is 4.25. The maximum absolute atomic E-state index is 9.95. The van der Waals surface area contributed by atoms with Gasteiger partial charge in [0.05, 0.1) is 6.10 Å². The summed E-state index contributed by atoms with van der Waals surface area (Å²) < 4.78 is 0. The number of nitrogens with one attached hydrogen (secondary N) is 1. The molecule has 3 nitrogen and oxygen atoms in total. The molecule has 0 saturated heterocycles. The van der Waals surface area contributed by atoms with E-state index in [4.69, 9.17) is 0 Å². The molecular weight excluding hydrogens is 224 g/mol. The Balaban J connectivity index is 2.02. The minimum absolute atomic E-state index is 0.350. The van der Waals surface area contributed by atoms with E-state index in [0.717, 1.165) is 13.0 Å². The van der Waals surface area contributed by atoms with Crippen molar-refractivity contribution in [1.82, 2.24) is 9.88 Å². The van der Waals surface area contributed by atoms with Gasteiger partial charge in [0.2, 0.25) is 0 Å². The lowest BCUT2D eigenvalue weighted by Crippen LogP contribution is -2.44. The van der Waals surface area contributed by atoms with Crippen LogP contribution in [0.1, 0.15) is 11.1 Å². The van der Waals surface area contributed by atoms with E-state index in [2.05, 4.69) is 41.3 Å². The van der Waals surface area contributed by atoms with Crippen molar-refractivity contribution >= 4 is 16.5 Å². The summed E-state index contributed by atoms with van der Waals surface area (Å²) in [5.74, 6) is 0. The van der Waals surface area contributed by atoms with Crippen molar-refractivity contribution < 1.29 is 5.11 Å². The first kappa shape index (κ1) is 10.4. The van der Waals surface area contributed by atoms with Gasteiger partial charge in [-0.1, -0.05) is 12.1 Å². The minimum Gasteiger partial charge on any atom is -0.388 e. The molecule has 1 aromatic heterocycles. The number of aliphatic hydroxyl groups excluding tert-OH is 1. The number of β-amino-alcohol motifs (C(OH)–C–C–N with tert-alkyl or cyclic N) is 1. The molecule has 0 radical (unpaired) electrons. The summed E-state index contributed by atoms with van der Waals surface area (Å²) >= 11 is 0. The first-order valence-corrected chi connectivity index (χ1v) is 6.43. The zero-order chi connectivity index (χ0) is 12.3. The summed E-state index contributed by atoms with van der Waals surface area (Å²) in [4.78, 5) is 5.61. The highest BCUT2D eigenvalue weighted by Crippen LogP contribution is 2.39. The zero-order valence-electron chi connectivity index (χ0n) is 10.4. The maximum atomic E-state index is 9.95. The predicted molar refractivity (Wildman–Crippen MR) is 72.4 cm³/mol. The number of nitrogens with zero attached hydrogens (tertiary/aromatic N) is 1. The fourth-order valence-electron chi connectivity index (χ4n) is 3.43. The lowest BCUT2D eigenvalue weighted by Gasteiger charge is -2.38. The van der Waals surface area contributed by atoms with Gasteiger partial charge >= 0.3 is 0 Å². The number of aromatic amines is 1. The van der Waals surface area contributed by atoms with Crippen LogP contribution < -0.4 is 0 Å². The molecule has 2 atom stereocenters. The molecule has 1 aromatic carbocycles. The van der Waals surface area contributed by atoms with Crippen LogP contribution in [-0.4, -0.2) is 40.7 Å². The molecule has 0 fully saturated rings. The van der Waals surface area contributed by atoms with E-state index in [1.165, 1.54) is 27.6 Å². The average Bonchev–Trinajstić information content (AvgIpc) is 2.76. The molecule has 1 aliphatic carbocycles. The maximum Gasteiger partial charge on any atom is 0.0854 e. The topological polar surface area (TPSA) is 39.3 Å². The fraction of sp³-hybridized carbons (Fsp3) is 0.333. The number of benzene rings is 1. The van der Waals surface area contributed by atoms with Crippen LogP contribution in [0.25, 0.3) is 16.5 Å². The largest absolute Gasteiger partial charge is 0.388 e. The normalized spacial score (nSPS) is 27.1. The van der Waals surface area contributed by atoms with Crippen LogP contribution in [0, 0.1) is 0 Å². The number of hydrogen-bond donors (Lipinski definition) is 2. The SMILES string of the molecule is CN1C[C@@H](O)C=C2c3cccc4[nH]cc(c34)C[C@H]21. The van der Waals surface area contributed by atoms with Crippen LogP contribution in [0.4, 0.5) is 0 Å². The standard InChI is InChI=1S/C15H16N2O/c1-17-8-10(18)6-12-11-3-2-4-13-15(11)9(7-16-13)5-14(12)17/h2-4,6-7,10,14,16,18H,5,8H2,1H3/t10-,14+/m0/s1. The van der Waals surface area contributed by atoms with Crippen LogP contribution in [0.2, 0.25) is 0 Å². The molecule has 4 rings (SSSR count). The van der Waals surface area contributed by atoms with Crippen molar-refractivity contribution in [1.29, 1.82) is 0 Å². The van der Waals surface area contributed by atoms with Crippen molar-refractivity contribution in [3.05, 3.63) is 41.6 Å². The van der Waals surface area contributed by atoms with Crippen molar-refractivity contribution in [2.45, 2.75) is 18.6 Å². The van der Waals surface area contributed by atoms with E-state index < -0.39 is 0 Å². The number of rotatable bonds is 0. The fourth-order valence-corrected chi connectivity index (χ4v) is 3.43. The second kappa shape index (κ2) is 3.46. The zero-order valence-corrected chi connectivity index (χ0v) is 10.4. The number of H-pyrrole nitrogens is 1. The van der Waals surface area contributed by atoms with Crippen LogP contribution in [0.3, 0.4) is 0 Å². The van der Waals surface area contributed by atoms with E-state index in [9.17, 15) is 5.11 Å². The minimum atomic E-state index is -0.350. The summed E-state index contributed by atoms with van der Waals surface area (Å²) in [5, 5.41) is 11.3. The number of fused-ring (bicyclic) bond motifs is 2. The third kappa shape index (κ3) is 1.26. The van der Waals surface area contributed by atoms with Gasteiger partial charge in [-0.3, -0.25) is 4.90 Å². The van der Waals surface area contributed by atoms with Gasteiger partial charge in [-0.25, -0.2) is 0 Å². The second-order valence-corrected chi connectivity index (χ2v) is 5.39. The molecule has 0 saturated carbocycles. The smallest absolute Gasteiger partial charge is 0.0854 e. The van der Waals surface area contributed by atoms with E-state index in [0.29, 0.717) is 6.04 Å². The van der Waals surface area contributed by atoms with E-state index >= 15 is 0 Å². The van der Waals surface area contributed by atoms with Crippen LogP contribution in [-0.2, 0) is 6.42 Å². The summed E-state index contributed by atoms with van der Waals surface area (Å²) in [6.07, 6.45) is 4.85. The molecule has 3 heteroatoms.